The van der Waals surface area contributed by atoms with E-state index < -0.39 is 11.7 Å². The minimum Gasteiger partial charge on any atom is -0.349 e. The number of halogens is 2. The van der Waals surface area contributed by atoms with Crippen LogP contribution in [0.15, 0.2) is 42.5 Å². The van der Waals surface area contributed by atoms with E-state index in [9.17, 15) is 14.0 Å². The van der Waals surface area contributed by atoms with Gasteiger partial charge in [0, 0.05) is 29.8 Å². The fraction of sp³-hybridized carbons (Fsp3) is 0.333. The van der Waals surface area contributed by atoms with Crippen LogP contribution >= 0.6 is 11.6 Å². The summed E-state index contributed by atoms with van der Waals surface area (Å²) in [6.45, 7) is 3.51. The highest BCUT2D eigenvalue weighted by Crippen LogP contribution is 2.23. The van der Waals surface area contributed by atoms with E-state index in [1.807, 2.05) is 17.9 Å². The topological polar surface area (TPSA) is 61.4 Å². The molecule has 2 aromatic carbocycles. The molecule has 0 aromatic heterocycles. The van der Waals surface area contributed by atoms with Gasteiger partial charge in [0.2, 0.25) is 5.91 Å². The van der Waals surface area contributed by atoms with Gasteiger partial charge < -0.3 is 10.6 Å². The number of hydrogen-bond acceptors (Lipinski definition) is 3. The van der Waals surface area contributed by atoms with Gasteiger partial charge in [0.05, 0.1) is 12.1 Å². The lowest BCUT2D eigenvalue weighted by atomic mass is 10.0. The van der Waals surface area contributed by atoms with Crippen molar-refractivity contribution in [2.45, 2.75) is 25.8 Å². The summed E-state index contributed by atoms with van der Waals surface area (Å²) in [5.74, 6) is -1.02. The van der Waals surface area contributed by atoms with E-state index in [1.165, 1.54) is 12.1 Å². The Balaban J connectivity index is 1.46. The van der Waals surface area contributed by atoms with Crippen molar-refractivity contribution in [1.82, 2.24) is 10.2 Å². The third-order valence-electron chi connectivity index (χ3n) is 4.95. The molecule has 2 amide bonds. The Bertz CT molecular complexity index is 866. The fourth-order valence-electron chi connectivity index (χ4n) is 3.28. The van der Waals surface area contributed by atoms with Gasteiger partial charge in [0.25, 0.3) is 5.91 Å². The zero-order valence-electron chi connectivity index (χ0n) is 15.7. The summed E-state index contributed by atoms with van der Waals surface area (Å²) in [6.07, 6.45) is 1.42. The molecule has 0 atom stereocenters. The zero-order chi connectivity index (χ0) is 20.1. The molecule has 2 N–H and O–H groups in total. The van der Waals surface area contributed by atoms with Gasteiger partial charge in [-0.05, 0) is 49.6 Å². The molecule has 1 aliphatic heterocycles. The van der Waals surface area contributed by atoms with Gasteiger partial charge in [-0.1, -0.05) is 29.8 Å². The third kappa shape index (κ3) is 5.09. The molecule has 28 heavy (non-hydrogen) atoms. The molecule has 1 aliphatic rings. The monoisotopic (exact) mass is 403 g/mol. The SMILES string of the molecule is Cc1c(Cl)cccc1NC(=O)CN1CCC(NC(=O)c2ccccc2F)CC1. The number of benzene rings is 2. The van der Waals surface area contributed by atoms with Crippen molar-refractivity contribution >= 4 is 29.1 Å². The molecule has 3 rings (SSSR count). The van der Waals surface area contributed by atoms with Gasteiger partial charge in [0.15, 0.2) is 0 Å². The molecule has 148 valence electrons. The van der Waals surface area contributed by atoms with Crippen molar-refractivity contribution in [3.8, 4) is 0 Å². The number of hydrogen-bond donors (Lipinski definition) is 2. The molecular weight excluding hydrogens is 381 g/mol. The first-order valence-electron chi connectivity index (χ1n) is 9.26. The summed E-state index contributed by atoms with van der Waals surface area (Å²) in [5, 5.41) is 6.39. The van der Waals surface area contributed by atoms with E-state index in [0.29, 0.717) is 36.6 Å². The molecule has 0 radical (unpaired) electrons. The van der Waals surface area contributed by atoms with Crippen LogP contribution in [0.2, 0.25) is 5.02 Å². The maximum atomic E-state index is 13.7. The van der Waals surface area contributed by atoms with Crippen LogP contribution in [0.1, 0.15) is 28.8 Å². The van der Waals surface area contributed by atoms with Gasteiger partial charge in [-0.2, -0.15) is 0 Å². The molecule has 1 fully saturated rings. The predicted molar refractivity (Wildman–Crippen MR) is 108 cm³/mol. The van der Waals surface area contributed by atoms with Crippen LogP contribution in [0.4, 0.5) is 10.1 Å². The van der Waals surface area contributed by atoms with Gasteiger partial charge in [-0.15, -0.1) is 0 Å². The minimum absolute atomic E-state index is 0.0263. The first kappa shape index (κ1) is 20.3. The summed E-state index contributed by atoms with van der Waals surface area (Å²) in [6, 6.07) is 11.3. The van der Waals surface area contributed by atoms with Crippen LogP contribution in [-0.4, -0.2) is 42.4 Å². The largest absolute Gasteiger partial charge is 0.349 e. The second-order valence-electron chi connectivity index (χ2n) is 6.96. The molecule has 0 spiro atoms. The smallest absolute Gasteiger partial charge is 0.254 e. The normalized spacial score (nSPS) is 15.2. The number of carbonyl (C=O) groups excluding carboxylic acids is 2. The van der Waals surface area contributed by atoms with Crippen molar-refractivity contribution in [1.29, 1.82) is 0 Å². The fourth-order valence-corrected chi connectivity index (χ4v) is 3.45. The molecule has 1 heterocycles. The van der Waals surface area contributed by atoms with Crippen molar-refractivity contribution < 1.29 is 14.0 Å². The summed E-state index contributed by atoms with van der Waals surface area (Å²) < 4.78 is 13.7. The standard InChI is InChI=1S/C21H23ClFN3O2/c1-14-17(22)6-4-8-19(14)25-20(27)13-26-11-9-15(10-12-26)24-21(28)16-5-2-3-7-18(16)23/h2-8,15H,9-13H2,1H3,(H,24,28)(H,25,27). The minimum atomic E-state index is -0.523. The zero-order valence-corrected chi connectivity index (χ0v) is 16.4. The van der Waals surface area contributed by atoms with E-state index in [2.05, 4.69) is 10.6 Å². The number of amides is 2. The molecule has 1 saturated heterocycles. The van der Waals surface area contributed by atoms with E-state index in [-0.39, 0.29) is 24.1 Å². The van der Waals surface area contributed by atoms with E-state index >= 15 is 0 Å². The molecule has 0 aliphatic carbocycles. The predicted octanol–water partition coefficient (Wildman–Crippen LogP) is 3.62. The number of likely N-dealkylation sites (tertiary alicyclic amines) is 1. The van der Waals surface area contributed by atoms with E-state index in [4.69, 9.17) is 11.6 Å². The van der Waals surface area contributed by atoms with Crippen LogP contribution in [0.5, 0.6) is 0 Å². The number of nitrogens with zero attached hydrogens (tertiary/aromatic N) is 1. The van der Waals surface area contributed by atoms with Crippen molar-refractivity contribution in [2.24, 2.45) is 0 Å². The summed E-state index contributed by atoms with van der Waals surface area (Å²) in [4.78, 5) is 26.6. The Morgan fingerprint density at radius 3 is 2.57 bits per heavy atom. The maximum Gasteiger partial charge on any atom is 0.254 e. The summed E-state index contributed by atoms with van der Waals surface area (Å²) >= 11 is 6.08. The Labute approximate surface area is 168 Å². The number of nitrogens with one attached hydrogen (secondary N) is 2. The molecule has 5 nitrogen and oxygen atoms in total. The lowest BCUT2D eigenvalue weighted by Crippen LogP contribution is -2.46. The van der Waals surface area contributed by atoms with Gasteiger partial charge >= 0.3 is 0 Å². The van der Waals surface area contributed by atoms with Crippen molar-refractivity contribution in [2.75, 3.05) is 25.0 Å². The first-order valence-corrected chi connectivity index (χ1v) is 9.64. The lowest BCUT2D eigenvalue weighted by Gasteiger charge is -2.32. The van der Waals surface area contributed by atoms with Gasteiger partial charge in [-0.3, -0.25) is 14.5 Å². The Kier molecular flexibility index (Phi) is 6.65. The lowest BCUT2D eigenvalue weighted by molar-refractivity contribution is -0.117. The van der Waals surface area contributed by atoms with Crippen LogP contribution in [0, 0.1) is 12.7 Å². The molecule has 7 heteroatoms. The van der Waals surface area contributed by atoms with Crippen LogP contribution in [0.3, 0.4) is 0 Å². The Morgan fingerprint density at radius 1 is 1.14 bits per heavy atom. The van der Waals surface area contributed by atoms with Crippen molar-refractivity contribution in [3.05, 3.63) is 64.4 Å². The number of carbonyl (C=O) groups is 2. The van der Waals surface area contributed by atoms with Gasteiger partial charge in [0.1, 0.15) is 5.82 Å². The molecular formula is C21H23ClFN3O2. The highest BCUT2D eigenvalue weighted by atomic mass is 35.5. The van der Waals surface area contributed by atoms with E-state index in [0.717, 1.165) is 5.56 Å². The second-order valence-corrected chi connectivity index (χ2v) is 7.37. The summed E-state index contributed by atoms with van der Waals surface area (Å²) in [7, 11) is 0. The Hall–Kier alpha value is -2.44. The van der Waals surface area contributed by atoms with Crippen LogP contribution in [-0.2, 0) is 4.79 Å². The van der Waals surface area contributed by atoms with E-state index in [1.54, 1.807) is 24.3 Å². The quantitative estimate of drug-likeness (QED) is 0.801. The average Bonchev–Trinajstić information content (AvgIpc) is 2.67. The van der Waals surface area contributed by atoms with Crippen molar-refractivity contribution in [3.63, 3.8) is 0 Å². The van der Waals surface area contributed by atoms with Gasteiger partial charge in [-0.25, -0.2) is 4.39 Å². The third-order valence-corrected chi connectivity index (χ3v) is 5.36. The van der Waals surface area contributed by atoms with Crippen LogP contribution in [0.25, 0.3) is 0 Å². The van der Waals surface area contributed by atoms with Crippen LogP contribution < -0.4 is 10.6 Å². The number of piperidine rings is 1. The summed E-state index contributed by atoms with van der Waals surface area (Å²) in [5.41, 5.74) is 1.61. The highest BCUT2D eigenvalue weighted by Gasteiger charge is 2.23. The average molecular weight is 404 g/mol. The Morgan fingerprint density at radius 2 is 1.86 bits per heavy atom. The molecule has 0 unspecified atom stereocenters. The second kappa shape index (κ2) is 9.17. The highest BCUT2D eigenvalue weighted by molar-refractivity contribution is 6.31. The first-order chi connectivity index (χ1) is 13.4. The maximum absolute atomic E-state index is 13.7. The number of anilines is 1. The molecule has 0 saturated carbocycles. The molecule has 2 aromatic rings. The number of rotatable bonds is 5. The molecule has 0 bridgehead atoms.